The van der Waals surface area contributed by atoms with Crippen molar-refractivity contribution in [2.45, 2.75) is 45.2 Å². The molecule has 82 valence electrons. The summed E-state index contributed by atoms with van der Waals surface area (Å²) >= 11 is 0. The van der Waals surface area contributed by atoms with E-state index >= 15 is 0 Å². The Hall–Kier alpha value is -1.10. The van der Waals surface area contributed by atoms with Gasteiger partial charge in [0.15, 0.2) is 0 Å². The van der Waals surface area contributed by atoms with Crippen LogP contribution in [0.25, 0.3) is 0 Å². The molecule has 5 heteroatoms. The third kappa shape index (κ3) is 3.74. The largest absolute Gasteiger partial charge is 0.480 e. The lowest BCUT2D eigenvalue weighted by atomic mass is 9.96. The number of carboxylic acids is 1. The van der Waals surface area contributed by atoms with Crippen molar-refractivity contribution in [2.24, 2.45) is 5.73 Å². The van der Waals surface area contributed by atoms with E-state index in [1.165, 1.54) is 6.92 Å². The first-order chi connectivity index (χ1) is 6.31. The molecule has 0 bridgehead atoms. The molecule has 2 unspecified atom stereocenters. The van der Waals surface area contributed by atoms with Crippen LogP contribution in [0.1, 0.15) is 33.6 Å². The van der Waals surface area contributed by atoms with E-state index in [2.05, 4.69) is 5.32 Å². The molecule has 0 radical (unpaired) electrons. The molecule has 1 amide bonds. The van der Waals surface area contributed by atoms with Gasteiger partial charge in [-0.25, -0.2) is 0 Å². The van der Waals surface area contributed by atoms with Gasteiger partial charge in [0.25, 0.3) is 0 Å². The first-order valence-electron chi connectivity index (χ1n) is 4.64. The molecule has 0 spiro atoms. The fraction of sp³-hybridized carbons (Fsp3) is 0.778. The van der Waals surface area contributed by atoms with Crippen LogP contribution in [-0.4, -0.2) is 28.6 Å². The normalized spacial score (nSPS) is 16.9. The Morgan fingerprint density at radius 3 is 2.43 bits per heavy atom. The van der Waals surface area contributed by atoms with E-state index in [1.54, 1.807) is 6.92 Å². The van der Waals surface area contributed by atoms with Crippen LogP contribution in [0, 0.1) is 0 Å². The summed E-state index contributed by atoms with van der Waals surface area (Å²) < 4.78 is 0. The summed E-state index contributed by atoms with van der Waals surface area (Å²) in [6.07, 6.45) is 1.31. The highest BCUT2D eigenvalue weighted by molar-refractivity contribution is 5.89. The average molecular weight is 202 g/mol. The zero-order valence-corrected chi connectivity index (χ0v) is 8.83. The summed E-state index contributed by atoms with van der Waals surface area (Å²) in [5.74, 6) is -1.49. The SMILES string of the molecule is CCCC(C)(N)C(=O)NC(C)C(=O)O. The predicted octanol–water partition coefficient (Wildman–Crippen LogP) is 0.0932. The molecular weight excluding hydrogens is 184 g/mol. The van der Waals surface area contributed by atoms with Gasteiger partial charge in [0.2, 0.25) is 5.91 Å². The highest BCUT2D eigenvalue weighted by Crippen LogP contribution is 2.08. The van der Waals surface area contributed by atoms with Gasteiger partial charge in [0, 0.05) is 0 Å². The topological polar surface area (TPSA) is 92.4 Å². The number of hydrogen-bond donors (Lipinski definition) is 3. The minimum absolute atomic E-state index is 0.422. The first-order valence-corrected chi connectivity index (χ1v) is 4.64. The number of aliphatic carboxylic acids is 1. The molecule has 0 rings (SSSR count). The van der Waals surface area contributed by atoms with Gasteiger partial charge in [-0.15, -0.1) is 0 Å². The van der Waals surface area contributed by atoms with Crippen LogP contribution in [0.4, 0.5) is 0 Å². The van der Waals surface area contributed by atoms with Gasteiger partial charge in [-0.1, -0.05) is 13.3 Å². The number of carbonyl (C=O) groups is 2. The molecule has 14 heavy (non-hydrogen) atoms. The lowest BCUT2D eigenvalue weighted by Gasteiger charge is -2.24. The predicted molar refractivity (Wildman–Crippen MR) is 52.7 cm³/mol. The molecule has 0 aliphatic rings. The molecule has 0 aliphatic heterocycles. The number of amides is 1. The summed E-state index contributed by atoms with van der Waals surface area (Å²) in [6, 6.07) is -0.901. The van der Waals surface area contributed by atoms with Crippen molar-refractivity contribution in [2.75, 3.05) is 0 Å². The molecule has 4 N–H and O–H groups in total. The van der Waals surface area contributed by atoms with Gasteiger partial charge >= 0.3 is 5.97 Å². The maximum absolute atomic E-state index is 11.5. The molecule has 0 heterocycles. The molecule has 2 atom stereocenters. The number of carbonyl (C=O) groups excluding carboxylic acids is 1. The molecular formula is C9H18N2O3. The molecule has 0 aromatic heterocycles. The van der Waals surface area contributed by atoms with Crippen molar-refractivity contribution in [3.05, 3.63) is 0 Å². The smallest absolute Gasteiger partial charge is 0.325 e. The van der Waals surface area contributed by atoms with Gasteiger partial charge in [0.1, 0.15) is 6.04 Å². The van der Waals surface area contributed by atoms with Crippen molar-refractivity contribution >= 4 is 11.9 Å². The lowest BCUT2D eigenvalue weighted by molar-refractivity contribution is -0.142. The summed E-state index contributed by atoms with van der Waals surface area (Å²) in [5, 5.41) is 10.9. The number of rotatable bonds is 5. The Bertz CT molecular complexity index is 226. The Balaban J connectivity index is 4.26. The van der Waals surface area contributed by atoms with Gasteiger partial charge < -0.3 is 16.2 Å². The van der Waals surface area contributed by atoms with Crippen LogP contribution in [0.15, 0.2) is 0 Å². The van der Waals surface area contributed by atoms with Crippen LogP contribution in [0.5, 0.6) is 0 Å². The minimum atomic E-state index is -1.06. The maximum Gasteiger partial charge on any atom is 0.325 e. The van der Waals surface area contributed by atoms with Gasteiger partial charge in [-0.05, 0) is 20.3 Å². The van der Waals surface area contributed by atoms with Crippen LogP contribution < -0.4 is 11.1 Å². The van der Waals surface area contributed by atoms with E-state index in [9.17, 15) is 9.59 Å². The monoisotopic (exact) mass is 202 g/mol. The fourth-order valence-corrected chi connectivity index (χ4v) is 1.06. The Morgan fingerprint density at radius 1 is 1.57 bits per heavy atom. The minimum Gasteiger partial charge on any atom is -0.480 e. The van der Waals surface area contributed by atoms with Crippen molar-refractivity contribution in [3.63, 3.8) is 0 Å². The number of nitrogens with two attached hydrogens (primary N) is 1. The number of nitrogens with one attached hydrogen (secondary N) is 1. The molecule has 0 aliphatic carbocycles. The Kier molecular flexibility index (Phi) is 4.56. The second-order valence-electron chi connectivity index (χ2n) is 3.70. The molecule has 0 saturated carbocycles. The average Bonchev–Trinajstić information content (AvgIpc) is 2.03. The third-order valence-corrected chi connectivity index (χ3v) is 2.01. The highest BCUT2D eigenvalue weighted by Gasteiger charge is 2.29. The van der Waals surface area contributed by atoms with E-state index in [0.717, 1.165) is 6.42 Å². The zero-order chi connectivity index (χ0) is 11.4. The number of hydrogen-bond acceptors (Lipinski definition) is 3. The van der Waals surface area contributed by atoms with Gasteiger partial charge in [0.05, 0.1) is 5.54 Å². The molecule has 0 aromatic rings. The lowest BCUT2D eigenvalue weighted by Crippen LogP contribution is -2.54. The quantitative estimate of drug-likeness (QED) is 0.589. The van der Waals surface area contributed by atoms with Crippen molar-refractivity contribution in [1.29, 1.82) is 0 Å². The van der Waals surface area contributed by atoms with E-state index < -0.39 is 23.5 Å². The van der Waals surface area contributed by atoms with Gasteiger partial charge in [-0.3, -0.25) is 9.59 Å². The summed E-state index contributed by atoms with van der Waals surface area (Å²) in [4.78, 5) is 21.9. The highest BCUT2D eigenvalue weighted by atomic mass is 16.4. The summed E-state index contributed by atoms with van der Waals surface area (Å²) in [7, 11) is 0. The first kappa shape index (κ1) is 12.9. The molecule has 0 fully saturated rings. The van der Waals surface area contributed by atoms with Crippen molar-refractivity contribution in [1.82, 2.24) is 5.32 Å². The van der Waals surface area contributed by atoms with Crippen LogP contribution >= 0.6 is 0 Å². The standard InChI is InChI=1S/C9H18N2O3/c1-4-5-9(3,10)8(14)11-6(2)7(12)13/h6H,4-5,10H2,1-3H3,(H,11,14)(H,12,13). The van der Waals surface area contributed by atoms with Crippen molar-refractivity contribution in [3.8, 4) is 0 Å². The second-order valence-corrected chi connectivity index (χ2v) is 3.70. The zero-order valence-electron chi connectivity index (χ0n) is 8.83. The summed E-state index contributed by atoms with van der Waals surface area (Å²) in [6.45, 7) is 4.92. The van der Waals surface area contributed by atoms with E-state index in [0.29, 0.717) is 6.42 Å². The Labute approximate surface area is 83.7 Å². The van der Waals surface area contributed by atoms with Crippen LogP contribution in [0.3, 0.4) is 0 Å². The van der Waals surface area contributed by atoms with Crippen LogP contribution in [0.2, 0.25) is 0 Å². The fourth-order valence-electron chi connectivity index (χ4n) is 1.06. The Morgan fingerprint density at radius 2 is 2.07 bits per heavy atom. The second kappa shape index (κ2) is 4.95. The van der Waals surface area contributed by atoms with Crippen LogP contribution in [-0.2, 0) is 9.59 Å². The maximum atomic E-state index is 11.5. The molecule has 5 nitrogen and oxygen atoms in total. The molecule has 0 aromatic carbocycles. The number of carboxylic acid groups (broad SMARTS) is 1. The van der Waals surface area contributed by atoms with Crippen molar-refractivity contribution < 1.29 is 14.7 Å². The van der Waals surface area contributed by atoms with E-state index in [-0.39, 0.29) is 0 Å². The third-order valence-electron chi connectivity index (χ3n) is 2.01. The van der Waals surface area contributed by atoms with E-state index in [1.807, 2.05) is 6.92 Å². The summed E-state index contributed by atoms with van der Waals surface area (Å²) in [5.41, 5.74) is 4.73. The molecule has 0 saturated heterocycles. The van der Waals surface area contributed by atoms with E-state index in [4.69, 9.17) is 10.8 Å². The van der Waals surface area contributed by atoms with Gasteiger partial charge in [-0.2, -0.15) is 0 Å².